The second-order valence-corrected chi connectivity index (χ2v) is 8.54. The highest BCUT2D eigenvalue weighted by atomic mass is 16.5. The Labute approximate surface area is 182 Å². The third kappa shape index (κ3) is 2.48. The Morgan fingerprint density at radius 3 is 2.84 bits per heavy atom. The van der Waals surface area contributed by atoms with Crippen molar-refractivity contribution < 1.29 is 19.2 Å². The van der Waals surface area contributed by atoms with Crippen LogP contribution in [0.15, 0.2) is 53.4 Å². The maximum atomic E-state index is 13.5. The summed E-state index contributed by atoms with van der Waals surface area (Å²) in [5, 5.41) is 21.3. The molecule has 1 atom stereocenters. The number of H-pyrrole nitrogens is 1. The topological polar surface area (TPSA) is 117 Å². The van der Waals surface area contributed by atoms with Crippen molar-refractivity contribution in [3.05, 3.63) is 71.4 Å². The molecule has 0 fully saturated rings. The van der Waals surface area contributed by atoms with E-state index in [0.717, 1.165) is 11.1 Å². The predicted molar refractivity (Wildman–Crippen MR) is 114 cm³/mol. The number of hydrogen-bond donors (Lipinski definition) is 2. The minimum Gasteiger partial charge on any atom is -0.456 e. The number of amides is 1. The molecule has 2 aliphatic rings. The van der Waals surface area contributed by atoms with Gasteiger partial charge in [0.2, 0.25) is 0 Å². The third-order valence-electron chi connectivity index (χ3n) is 6.07. The Morgan fingerprint density at radius 1 is 1.22 bits per heavy atom. The number of pyridine rings is 1. The van der Waals surface area contributed by atoms with Gasteiger partial charge in [0.15, 0.2) is 5.69 Å². The number of nitrogens with zero attached hydrogens (tertiary/aromatic N) is 4. The monoisotopic (exact) mass is 429 g/mol. The average Bonchev–Trinajstić information content (AvgIpc) is 3.51. The second kappa shape index (κ2) is 6.51. The van der Waals surface area contributed by atoms with Crippen molar-refractivity contribution in [3.8, 4) is 22.8 Å². The average molecular weight is 429 g/mol. The molecule has 1 aromatic carbocycles. The van der Waals surface area contributed by atoms with E-state index in [1.165, 1.54) is 6.26 Å². The maximum absolute atomic E-state index is 13.5. The van der Waals surface area contributed by atoms with Crippen LogP contribution in [-0.2, 0) is 5.41 Å². The van der Waals surface area contributed by atoms with Crippen LogP contribution in [0.25, 0.3) is 11.3 Å². The number of fused-ring (bicyclic) bond motifs is 8. The van der Waals surface area contributed by atoms with Crippen molar-refractivity contribution in [1.82, 2.24) is 20.3 Å². The molecule has 4 aromatic rings. The highest BCUT2D eigenvalue weighted by Crippen LogP contribution is 2.50. The Kier molecular flexibility index (Phi) is 3.82. The SMILES string of the molecule is CC(C)(CO)c1[nH]nc2c1C1c3ccccc3Oc3cc(ncc3-c3ccon3)N1C2=O. The summed E-state index contributed by atoms with van der Waals surface area (Å²) in [5.74, 6) is 1.32. The minimum absolute atomic E-state index is 0.102. The standard InChI is InChI=1S/C23H19N5O4/c1-23(2,11-29)21-18-19(25-26-21)22(30)28-17-9-16(13(10-24-17)14-7-8-31-27-14)32-15-6-4-3-5-12(15)20(18)28/h3-10,20,29H,11H2,1-2H3,(H,25,26). The van der Waals surface area contributed by atoms with E-state index in [1.54, 1.807) is 23.2 Å². The molecule has 2 aliphatic heterocycles. The fraction of sp³-hybridized carbons (Fsp3) is 0.217. The molecule has 2 bridgehead atoms. The number of hydrogen-bond acceptors (Lipinski definition) is 7. The first-order valence-electron chi connectivity index (χ1n) is 10.2. The molecule has 0 radical (unpaired) electrons. The minimum atomic E-state index is -0.621. The van der Waals surface area contributed by atoms with E-state index in [4.69, 9.17) is 9.26 Å². The molecular formula is C23H19N5O4. The first kappa shape index (κ1) is 18.8. The number of carbonyl (C=O) groups is 1. The summed E-state index contributed by atoms with van der Waals surface area (Å²) in [6, 6.07) is 10.5. The van der Waals surface area contributed by atoms with Gasteiger partial charge in [-0.2, -0.15) is 5.10 Å². The molecule has 5 heterocycles. The van der Waals surface area contributed by atoms with E-state index >= 15 is 0 Å². The number of rotatable bonds is 3. The number of aliphatic hydroxyl groups is 1. The number of nitrogens with one attached hydrogen (secondary N) is 1. The molecule has 1 unspecified atom stereocenters. The van der Waals surface area contributed by atoms with Crippen molar-refractivity contribution in [1.29, 1.82) is 0 Å². The second-order valence-electron chi connectivity index (χ2n) is 8.54. The number of aromatic amines is 1. The number of ether oxygens (including phenoxy) is 1. The van der Waals surface area contributed by atoms with Crippen LogP contribution in [-0.4, -0.2) is 38.0 Å². The zero-order chi connectivity index (χ0) is 22.0. The van der Waals surface area contributed by atoms with Crippen molar-refractivity contribution in [3.63, 3.8) is 0 Å². The van der Waals surface area contributed by atoms with E-state index in [1.807, 2.05) is 38.1 Å². The van der Waals surface area contributed by atoms with Gasteiger partial charge in [-0.05, 0) is 6.07 Å². The van der Waals surface area contributed by atoms with Crippen LogP contribution in [0.1, 0.15) is 47.2 Å². The normalized spacial score (nSPS) is 16.7. The lowest BCUT2D eigenvalue weighted by atomic mass is 9.84. The van der Waals surface area contributed by atoms with Crippen molar-refractivity contribution >= 4 is 11.7 Å². The van der Waals surface area contributed by atoms with Crippen LogP contribution in [0.5, 0.6) is 11.5 Å². The third-order valence-corrected chi connectivity index (χ3v) is 6.07. The van der Waals surface area contributed by atoms with Crippen LogP contribution in [0, 0.1) is 0 Å². The lowest BCUT2D eigenvalue weighted by Gasteiger charge is -2.31. The molecule has 6 rings (SSSR count). The molecule has 3 aromatic heterocycles. The molecule has 0 aliphatic carbocycles. The van der Waals surface area contributed by atoms with Gasteiger partial charge in [0, 0.05) is 40.6 Å². The van der Waals surface area contributed by atoms with E-state index in [0.29, 0.717) is 40.0 Å². The number of aromatic nitrogens is 4. The van der Waals surface area contributed by atoms with Crippen LogP contribution in [0.3, 0.4) is 0 Å². The quantitative estimate of drug-likeness (QED) is 0.511. The van der Waals surface area contributed by atoms with Gasteiger partial charge < -0.3 is 14.4 Å². The summed E-state index contributed by atoms with van der Waals surface area (Å²) in [7, 11) is 0. The van der Waals surface area contributed by atoms with Crippen molar-refractivity contribution in [2.45, 2.75) is 25.3 Å². The zero-order valence-electron chi connectivity index (χ0n) is 17.4. The van der Waals surface area contributed by atoms with Crippen molar-refractivity contribution in [2.75, 3.05) is 11.5 Å². The smallest absolute Gasteiger partial charge is 0.281 e. The Hall–Kier alpha value is -3.98. The fourth-order valence-electron chi connectivity index (χ4n) is 4.37. The van der Waals surface area contributed by atoms with Crippen LogP contribution in [0.2, 0.25) is 0 Å². The Balaban J connectivity index is 1.62. The molecule has 2 N–H and O–H groups in total. The van der Waals surface area contributed by atoms with Gasteiger partial charge in [0.25, 0.3) is 5.91 Å². The van der Waals surface area contributed by atoms with Gasteiger partial charge in [0.1, 0.15) is 29.3 Å². The molecular weight excluding hydrogens is 410 g/mol. The summed E-state index contributed by atoms with van der Waals surface area (Å²) < 4.78 is 11.3. The summed E-state index contributed by atoms with van der Waals surface area (Å²) in [5.41, 5.74) is 3.19. The Bertz CT molecular complexity index is 1360. The van der Waals surface area contributed by atoms with Crippen LogP contribution in [0.4, 0.5) is 5.82 Å². The lowest BCUT2D eigenvalue weighted by Crippen LogP contribution is -2.32. The van der Waals surface area contributed by atoms with E-state index in [-0.39, 0.29) is 12.5 Å². The number of carbonyl (C=O) groups excluding carboxylic acids is 1. The first-order chi connectivity index (χ1) is 15.5. The highest BCUT2D eigenvalue weighted by molar-refractivity contribution is 6.10. The van der Waals surface area contributed by atoms with Crippen LogP contribution >= 0.6 is 0 Å². The Morgan fingerprint density at radius 2 is 2.06 bits per heavy atom. The van der Waals surface area contributed by atoms with Crippen molar-refractivity contribution in [2.24, 2.45) is 0 Å². The number of anilines is 1. The molecule has 9 nitrogen and oxygen atoms in total. The largest absolute Gasteiger partial charge is 0.456 e. The number of aliphatic hydroxyl groups excluding tert-OH is 1. The molecule has 0 spiro atoms. The predicted octanol–water partition coefficient (Wildman–Crippen LogP) is 3.59. The molecule has 32 heavy (non-hydrogen) atoms. The number of benzene rings is 1. The molecule has 160 valence electrons. The van der Waals surface area contributed by atoms with E-state index in [9.17, 15) is 9.90 Å². The van der Waals surface area contributed by atoms with Gasteiger partial charge in [-0.3, -0.25) is 14.8 Å². The zero-order valence-corrected chi connectivity index (χ0v) is 17.4. The van der Waals surface area contributed by atoms with Gasteiger partial charge in [-0.25, -0.2) is 4.98 Å². The van der Waals surface area contributed by atoms with E-state index in [2.05, 4.69) is 20.3 Å². The van der Waals surface area contributed by atoms with Gasteiger partial charge in [-0.1, -0.05) is 37.2 Å². The first-order valence-corrected chi connectivity index (χ1v) is 10.2. The summed E-state index contributed by atoms with van der Waals surface area (Å²) >= 11 is 0. The molecule has 9 heteroatoms. The van der Waals surface area contributed by atoms with E-state index < -0.39 is 11.5 Å². The number of para-hydroxylation sites is 1. The summed E-state index contributed by atoms with van der Waals surface area (Å²) in [6.45, 7) is 3.71. The fourth-order valence-corrected chi connectivity index (χ4v) is 4.37. The van der Waals surface area contributed by atoms with Gasteiger partial charge in [0.05, 0.1) is 18.2 Å². The van der Waals surface area contributed by atoms with Gasteiger partial charge >= 0.3 is 0 Å². The maximum Gasteiger partial charge on any atom is 0.281 e. The van der Waals surface area contributed by atoms with Crippen LogP contribution < -0.4 is 9.64 Å². The molecule has 1 amide bonds. The summed E-state index contributed by atoms with van der Waals surface area (Å²) in [4.78, 5) is 19.7. The lowest BCUT2D eigenvalue weighted by molar-refractivity contribution is 0.0987. The molecule has 0 saturated carbocycles. The highest BCUT2D eigenvalue weighted by Gasteiger charge is 2.47. The van der Waals surface area contributed by atoms with Gasteiger partial charge in [-0.15, -0.1) is 0 Å². The molecule has 0 saturated heterocycles. The summed E-state index contributed by atoms with van der Waals surface area (Å²) in [6.07, 6.45) is 3.11.